The number of benzene rings is 4. The summed E-state index contributed by atoms with van der Waals surface area (Å²) in [7, 11) is 5.65. The molecular formula is C56H71ClN10O12S2. The zero-order valence-electron chi connectivity index (χ0n) is 45.3. The molecule has 0 saturated carbocycles. The summed E-state index contributed by atoms with van der Waals surface area (Å²) in [4.78, 5) is 128. The van der Waals surface area contributed by atoms with Gasteiger partial charge >= 0.3 is 0 Å². The van der Waals surface area contributed by atoms with Crippen molar-refractivity contribution >= 4 is 86.2 Å². The van der Waals surface area contributed by atoms with Crippen LogP contribution in [0.15, 0.2) is 97.1 Å². The van der Waals surface area contributed by atoms with Crippen LogP contribution < -0.4 is 48.7 Å². The molecule has 81 heavy (non-hydrogen) atoms. The number of nitrogens with one attached hydrogen (secondary N) is 7. The molecule has 0 radical (unpaired) electrons. The molecule has 436 valence electrons. The summed E-state index contributed by atoms with van der Waals surface area (Å²) in [6, 6.07) is 13.0. The highest BCUT2D eigenvalue weighted by molar-refractivity contribution is 8.76. The number of phenolic OH excluding ortho intramolecular Hbond substituents is 2. The number of phenols is 2. The molecule has 1 fully saturated rings. The van der Waals surface area contributed by atoms with E-state index in [4.69, 9.17) is 23.1 Å². The number of aliphatic hydroxyl groups excluding tert-OH is 1. The lowest BCUT2D eigenvalue weighted by molar-refractivity contribution is -0.136. The van der Waals surface area contributed by atoms with Gasteiger partial charge in [-0.3, -0.25) is 43.2 Å². The number of aliphatic hydroxyl groups is 1. The Hall–Kier alpha value is -7.22. The van der Waals surface area contributed by atoms with Crippen molar-refractivity contribution < 1.29 is 58.5 Å². The molecule has 1 heterocycles. The molecule has 1 saturated heterocycles. The minimum Gasteiger partial charge on any atom is -0.508 e. The number of ketones is 1. The molecule has 4 aromatic carbocycles. The maximum atomic E-state index is 14.8. The van der Waals surface area contributed by atoms with E-state index in [1.54, 1.807) is 48.5 Å². The van der Waals surface area contributed by atoms with Crippen LogP contribution in [0.5, 0.6) is 11.5 Å². The van der Waals surface area contributed by atoms with Gasteiger partial charge in [0.05, 0.1) is 12.1 Å². The standard InChI is InChI=1S/C56H71ClN10O12S2/c1-31(68)37-16-8-34(9-17-37)27-44-52(75)60-42(7-5-6-24-67(3)4)51(74)66-48(32(2)69)56(79)65-47(54(77)61-43(49(59)72)26-35-12-20-39(70)21-13-35)30-81-80-29-46(64-50(73)41(58)25-33-10-18-38(57)19-11-33)55(78)63-45(53(76)62-44)28-36-14-22-40(71)23-15-36/h8-23,32,41-48,69-71H,5-7,24-30,58H2,1-4H3,(H2,59,72)(H,60,75)(H,61,77)(H,62,76)(H,63,78)(H,64,73)(H,65,79)(H,66,74)/t32-,41+,42+,43-,44-,45+,46-,47+,48+/m1/s1. The molecular weight excluding hydrogens is 1100 g/mol. The molecule has 9 atom stereocenters. The first-order valence-corrected chi connectivity index (χ1v) is 29.0. The summed E-state index contributed by atoms with van der Waals surface area (Å²) in [5, 5.41) is 50.1. The summed E-state index contributed by atoms with van der Waals surface area (Å²) in [6.07, 6.45) is -1.13. The third kappa shape index (κ3) is 21.3. The first kappa shape index (κ1) is 64.6. The summed E-state index contributed by atoms with van der Waals surface area (Å²) in [5.74, 6) is -8.04. The summed E-state index contributed by atoms with van der Waals surface area (Å²) in [5.41, 5.74) is 14.6. The number of amides is 8. The third-order valence-corrected chi connectivity index (χ3v) is 15.7. The highest BCUT2D eigenvalue weighted by Crippen LogP contribution is 2.24. The molecule has 14 N–H and O–H groups in total. The van der Waals surface area contributed by atoms with Gasteiger partial charge in [-0.15, -0.1) is 0 Å². The fraction of sp³-hybridized carbons (Fsp3) is 0.411. The van der Waals surface area contributed by atoms with E-state index in [0.717, 1.165) is 21.6 Å². The van der Waals surface area contributed by atoms with Crippen LogP contribution in [0.3, 0.4) is 0 Å². The predicted octanol–water partition coefficient (Wildman–Crippen LogP) is 0.938. The Labute approximate surface area is 482 Å². The molecule has 1 aliphatic rings. The number of halogens is 1. The Balaban J connectivity index is 1.58. The fourth-order valence-corrected chi connectivity index (χ4v) is 10.8. The fourth-order valence-electron chi connectivity index (χ4n) is 8.39. The molecule has 0 aliphatic carbocycles. The number of hydrogen-bond donors (Lipinski definition) is 12. The SMILES string of the molecule is CC(=O)c1ccc(C[C@H]2NC(=O)[C@H](Cc3ccc(O)cc3)NC(=O)[C@H](NC(=O)[C@@H](N)Cc3ccc(Cl)cc3)CSSC[C@@H](C(=O)N[C@H](Cc3ccc(O)cc3)C(N)=O)NC(=O)[C@H]([C@@H](C)O)NC(=O)[C@H](CCCCN(C)C)NC2=O)cc1. The number of carbonyl (C=O) groups is 9. The Kier molecular flexibility index (Phi) is 25.3. The van der Waals surface area contributed by atoms with Crippen molar-refractivity contribution in [1.29, 1.82) is 0 Å². The molecule has 25 heteroatoms. The molecule has 0 spiro atoms. The van der Waals surface area contributed by atoms with Crippen LogP contribution in [-0.2, 0) is 64.0 Å². The van der Waals surface area contributed by atoms with Crippen molar-refractivity contribution in [3.05, 3.63) is 130 Å². The molecule has 0 bridgehead atoms. The van der Waals surface area contributed by atoms with Gasteiger partial charge in [-0.25, -0.2) is 0 Å². The van der Waals surface area contributed by atoms with Crippen molar-refractivity contribution in [3.63, 3.8) is 0 Å². The van der Waals surface area contributed by atoms with E-state index in [2.05, 4.69) is 37.2 Å². The van der Waals surface area contributed by atoms with Gasteiger partial charge in [-0.1, -0.05) is 93.9 Å². The van der Waals surface area contributed by atoms with Crippen LogP contribution in [-0.4, -0.2) is 160 Å². The molecule has 8 amide bonds. The number of rotatable bonds is 20. The average molecular weight is 1180 g/mol. The molecule has 5 rings (SSSR count). The second-order valence-corrected chi connectivity index (χ2v) is 23.0. The van der Waals surface area contributed by atoms with Gasteiger partial charge in [-0.05, 0) is 119 Å². The second-order valence-electron chi connectivity index (χ2n) is 20.0. The topological polar surface area (TPSA) is 354 Å². The summed E-state index contributed by atoms with van der Waals surface area (Å²) < 4.78 is 0. The van der Waals surface area contributed by atoms with Gasteiger partial charge < -0.3 is 68.9 Å². The van der Waals surface area contributed by atoms with Gasteiger partial charge in [-0.2, -0.15) is 0 Å². The average Bonchev–Trinajstić information content (AvgIpc) is 3.42. The normalized spacial score (nSPS) is 20.9. The minimum absolute atomic E-state index is 0.0119. The van der Waals surface area contributed by atoms with Crippen molar-refractivity contribution in [1.82, 2.24) is 42.1 Å². The number of hydrogen-bond acceptors (Lipinski definition) is 16. The van der Waals surface area contributed by atoms with Gasteiger partial charge in [0, 0.05) is 41.4 Å². The van der Waals surface area contributed by atoms with E-state index in [-0.39, 0.29) is 60.9 Å². The minimum atomic E-state index is -1.74. The predicted molar refractivity (Wildman–Crippen MR) is 309 cm³/mol. The zero-order chi connectivity index (χ0) is 59.3. The Bertz CT molecular complexity index is 2810. The van der Waals surface area contributed by atoms with E-state index < -0.39 is 102 Å². The van der Waals surface area contributed by atoms with Gasteiger partial charge in [0.25, 0.3) is 0 Å². The molecule has 0 aromatic heterocycles. The number of aromatic hydroxyl groups is 2. The maximum Gasteiger partial charge on any atom is 0.245 e. The summed E-state index contributed by atoms with van der Waals surface area (Å²) in [6.45, 7) is 3.22. The van der Waals surface area contributed by atoms with Crippen LogP contribution in [0.2, 0.25) is 5.02 Å². The van der Waals surface area contributed by atoms with Crippen LogP contribution in [0, 0.1) is 0 Å². The molecule has 4 aromatic rings. The second kappa shape index (κ2) is 31.7. The Morgan fingerprint density at radius 3 is 1.70 bits per heavy atom. The van der Waals surface area contributed by atoms with Crippen molar-refractivity contribution in [2.75, 3.05) is 32.1 Å². The Morgan fingerprint density at radius 2 is 1.16 bits per heavy atom. The highest BCUT2D eigenvalue weighted by Gasteiger charge is 2.36. The number of Topliss-reactive ketones (excluding diaryl/α,β-unsaturated/α-hetero) is 1. The van der Waals surface area contributed by atoms with E-state index in [9.17, 15) is 58.5 Å². The first-order chi connectivity index (χ1) is 38.4. The molecule has 1 aliphatic heterocycles. The largest absolute Gasteiger partial charge is 0.508 e. The number of nitrogens with two attached hydrogens (primary N) is 2. The molecule has 0 unspecified atom stereocenters. The lowest BCUT2D eigenvalue weighted by Crippen LogP contribution is -2.62. The third-order valence-electron chi connectivity index (χ3n) is 13.0. The van der Waals surface area contributed by atoms with Gasteiger partial charge in [0.1, 0.15) is 53.8 Å². The van der Waals surface area contributed by atoms with E-state index >= 15 is 0 Å². The Morgan fingerprint density at radius 1 is 0.667 bits per heavy atom. The lowest BCUT2D eigenvalue weighted by Gasteiger charge is -2.29. The van der Waals surface area contributed by atoms with Crippen LogP contribution in [0.1, 0.15) is 65.7 Å². The monoisotopic (exact) mass is 1170 g/mol. The smallest absolute Gasteiger partial charge is 0.245 e. The van der Waals surface area contributed by atoms with Crippen LogP contribution in [0.4, 0.5) is 0 Å². The number of primary amides is 1. The highest BCUT2D eigenvalue weighted by atomic mass is 35.5. The van der Waals surface area contributed by atoms with E-state index in [1.165, 1.54) is 62.4 Å². The number of nitrogens with zero attached hydrogens (tertiary/aromatic N) is 1. The summed E-state index contributed by atoms with van der Waals surface area (Å²) >= 11 is 6.08. The lowest BCUT2D eigenvalue weighted by atomic mass is 10.00. The number of carbonyl (C=O) groups excluding carboxylic acids is 9. The van der Waals surface area contributed by atoms with Crippen LogP contribution >= 0.6 is 33.2 Å². The van der Waals surface area contributed by atoms with Crippen molar-refractivity contribution in [2.24, 2.45) is 11.5 Å². The van der Waals surface area contributed by atoms with Crippen molar-refractivity contribution in [2.45, 2.75) is 113 Å². The zero-order valence-corrected chi connectivity index (χ0v) is 47.7. The number of unbranched alkanes of at least 4 members (excludes halogenated alkanes) is 1. The van der Waals surface area contributed by atoms with E-state index in [1.807, 2.05) is 19.0 Å². The van der Waals surface area contributed by atoms with Gasteiger partial charge in [0.15, 0.2) is 5.78 Å². The van der Waals surface area contributed by atoms with E-state index in [0.29, 0.717) is 52.2 Å². The van der Waals surface area contributed by atoms with Crippen LogP contribution in [0.25, 0.3) is 0 Å². The molecule has 22 nitrogen and oxygen atoms in total. The maximum absolute atomic E-state index is 14.8. The quantitative estimate of drug-likeness (QED) is 0.0333. The van der Waals surface area contributed by atoms with Gasteiger partial charge in [0.2, 0.25) is 47.3 Å². The van der Waals surface area contributed by atoms with Crippen molar-refractivity contribution in [3.8, 4) is 11.5 Å². The first-order valence-electron chi connectivity index (χ1n) is 26.1.